The summed E-state index contributed by atoms with van der Waals surface area (Å²) in [6.45, 7) is 1.96. The zero-order chi connectivity index (χ0) is 20.5. The van der Waals surface area contributed by atoms with E-state index in [0.717, 1.165) is 37.0 Å². The number of nitrogens with zero attached hydrogens (tertiary/aromatic N) is 1. The van der Waals surface area contributed by atoms with Crippen molar-refractivity contribution in [1.82, 2.24) is 10.6 Å². The van der Waals surface area contributed by atoms with Crippen molar-refractivity contribution >= 4 is 22.6 Å². The largest absolute Gasteiger partial charge is 0.455 e. The molecule has 2 heterocycles. The zero-order valence-electron chi connectivity index (χ0n) is 17.0. The summed E-state index contributed by atoms with van der Waals surface area (Å²) in [5, 5.41) is 6.98. The molecule has 6 heteroatoms. The minimum atomic E-state index is -0.326. The lowest BCUT2D eigenvalue weighted by molar-refractivity contribution is 0.0964. The van der Waals surface area contributed by atoms with Crippen LogP contribution in [-0.2, 0) is 0 Å². The first-order valence-electron chi connectivity index (χ1n) is 9.96. The number of halogens is 1. The lowest BCUT2D eigenvalue weighted by Crippen LogP contribution is -2.29. The van der Waals surface area contributed by atoms with E-state index in [-0.39, 0.29) is 11.7 Å². The summed E-state index contributed by atoms with van der Waals surface area (Å²) in [5.74, 6) is 0.303. The van der Waals surface area contributed by atoms with Crippen LogP contribution in [0.25, 0.3) is 22.3 Å². The molecule has 3 aromatic rings. The highest BCUT2D eigenvalue weighted by atomic mass is 19.1. The van der Waals surface area contributed by atoms with E-state index in [1.165, 1.54) is 17.7 Å². The van der Waals surface area contributed by atoms with Gasteiger partial charge in [-0.2, -0.15) is 0 Å². The number of benzene rings is 2. The highest BCUT2D eigenvalue weighted by Gasteiger charge is 2.26. The molecular formula is C23H26FN3O2. The van der Waals surface area contributed by atoms with Crippen molar-refractivity contribution < 1.29 is 13.6 Å². The van der Waals surface area contributed by atoms with E-state index in [2.05, 4.69) is 21.6 Å². The molecule has 4 rings (SSSR count). The van der Waals surface area contributed by atoms with Gasteiger partial charge in [0.15, 0.2) is 0 Å². The molecule has 1 amide bonds. The van der Waals surface area contributed by atoms with Gasteiger partial charge in [-0.1, -0.05) is 0 Å². The molecule has 29 heavy (non-hydrogen) atoms. The number of anilines is 1. The topological polar surface area (TPSA) is 57.5 Å². The monoisotopic (exact) mass is 395 g/mol. The quantitative estimate of drug-likeness (QED) is 0.697. The summed E-state index contributed by atoms with van der Waals surface area (Å²) < 4.78 is 19.6. The van der Waals surface area contributed by atoms with Crippen LogP contribution in [0.15, 0.2) is 40.8 Å². The molecule has 1 aromatic heterocycles. The Bertz CT molecular complexity index is 1030. The first-order valence-corrected chi connectivity index (χ1v) is 9.96. The highest BCUT2D eigenvalue weighted by Crippen LogP contribution is 2.40. The van der Waals surface area contributed by atoms with Crippen molar-refractivity contribution in [2.24, 2.45) is 0 Å². The Hall–Kier alpha value is -2.86. The molecule has 1 saturated heterocycles. The number of piperidine rings is 1. The van der Waals surface area contributed by atoms with E-state index in [9.17, 15) is 9.18 Å². The lowest BCUT2D eigenvalue weighted by Gasteiger charge is -2.27. The molecule has 0 spiro atoms. The molecule has 1 atom stereocenters. The first-order chi connectivity index (χ1) is 14.0. The minimum Gasteiger partial charge on any atom is -0.455 e. The fourth-order valence-electron chi connectivity index (χ4n) is 4.14. The molecule has 1 fully saturated rings. The smallest absolute Gasteiger partial charge is 0.255 e. The second-order valence-corrected chi connectivity index (χ2v) is 7.74. The van der Waals surface area contributed by atoms with Crippen LogP contribution in [0.2, 0.25) is 0 Å². The fourth-order valence-corrected chi connectivity index (χ4v) is 4.14. The Morgan fingerprint density at radius 2 is 2.00 bits per heavy atom. The number of carbonyl (C=O) groups excluding carboxylic acids is 1. The van der Waals surface area contributed by atoms with Crippen LogP contribution in [0.3, 0.4) is 0 Å². The van der Waals surface area contributed by atoms with Crippen LogP contribution in [-0.4, -0.2) is 40.1 Å². The number of amides is 1. The Morgan fingerprint density at radius 1 is 1.24 bits per heavy atom. The normalized spacial score (nSPS) is 16.8. The number of furan rings is 1. The molecule has 1 unspecified atom stereocenters. The van der Waals surface area contributed by atoms with Gasteiger partial charge in [-0.25, -0.2) is 4.39 Å². The van der Waals surface area contributed by atoms with Gasteiger partial charge < -0.3 is 20.0 Å². The maximum Gasteiger partial charge on any atom is 0.255 e. The molecule has 1 aliphatic rings. The molecule has 2 N–H and O–H groups in total. The third-order valence-corrected chi connectivity index (χ3v) is 5.62. The zero-order valence-corrected chi connectivity index (χ0v) is 17.0. The van der Waals surface area contributed by atoms with Crippen LogP contribution in [0.4, 0.5) is 10.1 Å². The first kappa shape index (κ1) is 19.5. The summed E-state index contributed by atoms with van der Waals surface area (Å²) in [4.78, 5) is 14.9. The molecule has 0 saturated carbocycles. The van der Waals surface area contributed by atoms with Crippen LogP contribution in [0.1, 0.15) is 34.7 Å². The van der Waals surface area contributed by atoms with Gasteiger partial charge in [0.05, 0.1) is 5.56 Å². The summed E-state index contributed by atoms with van der Waals surface area (Å²) in [6, 6.07) is 10.1. The molecule has 0 bridgehead atoms. The van der Waals surface area contributed by atoms with Crippen LogP contribution < -0.4 is 15.5 Å². The molecule has 0 radical (unpaired) electrons. The van der Waals surface area contributed by atoms with Crippen molar-refractivity contribution in [2.75, 3.05) is 39.1 Å². The van der Waals surface area contributed by atoms with E-state index in [1.807, 2.05) is 20.2 Å². The van der Waals surface area contributed by atoms with Crippen LogP contribution in [0.5, 0.6) is 0 Å². The summed E-state index contributed by atoms with van der Waals surface area (Å²) in [5.41, 5.74) is 4.12. The Morgan fingerprint density at radius 3 is 2.62 bits per heavy atom. The Kier molecular flexibility index (Phi) is 5.28. The van der Waals surface area contributed by atoms with Crippen molar-refractivity contribution in [3.63, 3.8) is 0 Å². The van der Waals surface area contributed by atoms with E-state index in [0.29, 0.717) is 28.4 Å². The number of fused-ring (bicyclic) bond motifs is 1. The van der Waals surface area contributed by atoms with Crippen molar-refractivity contribution in [3.05, 3.63) is 53.3 Å². The lowest BCUT2D eigenvalue weighted by atomic mass is 9.88. The standard InChI is InChI=1S/C23H26FN3O2/c1-25-23(28)21-18-11-17(15-5-4-10-26-13-15)19(27(2)3)12-20(18)29-22(21)14-6-8-16(24)9-7-14/h6-9,11-12,15,26H,4-5,10,13H2,1-3H3,(H,25,28). The van der Waals surface area contributed by atoms with Gasteiger partial charge in [-0.3, -0.25) is 4.79 Å². The van der Waals surface area contributed by atoms with Gasteiger partial charge in [-0.05, 0) is 61.2 Å². The predicted molar refractivity (Wildman–Crippen MR) is 114 cm³/mol. The number of carbonyl (C=O) groups is 1. The minimum absolute atomic E-state index is 0.214. The fraction of sp³-hybridized carbons (Fsp3) is 0.348. The Labute approximate surface area is 169 Å². The molecular weight excluding hydrogens is 369 g/mol. The van der Waals surface area contributed by atoms with E-state index >= 15 is 0 Å². The molecule has 1 aliphatic heterocycles. The van der Waals surface area contributed by atoms with Crippen molar-refractivity contribution in [2.45, 2.75) is 18.8 Å². The third-order valence-electron chi connectivity index (χ3n) is 5.62. The van der Waals surface area contributed by atoms with Gasteiger partial charge >= 0.3 is 0 Å². The van der Waals surface area contributed by atoms with Crippen molar-refractivity contribution in [1.29, 1.82) is 0 Å². The molecule has 2 aromatic carbocycles. The summed E-state index contributed by atoms with van der Waals surface area (Å²) in [7, 11) is 5.64. The molecule has 152 valence electrons. The van der Waals surface area contributed by atoms with E-state index < -0.39 is 0 Å². The predicted octanol–water partition coefficient (Wildman–Crippen LogP) is 4.13. The molecule has 5 nitrogen and oxygen atoms in total. The Balaban J connectivity index is 1.95. The van der Waals surface area contributed by atoms with Gasteiger partial charge in [0, 0.05) is 50.4 Å². The second-order valence-electron chi connectivity index (χ2n) is 7.74. The van der Waals surface area contributed by atoms with Gasteiger partial charge in [0.1, 0.15) is 17.2 Å². The SMILES string of the molecule is CNC(=O)c1c(-c2ccc(F)cc2)oc2cc(N(C)C)c(C3CCCNC3)cc12. The number of hydrogen-bond acceptors (Lipinski definition) is 4. The maximum atomic E-state index is 13.4. The second kappa shape index (κ2) is 7.87. The van der Waals surface area contributed by atoms with Gasteiger partial charge in [0.2, 0.25) is 0 Å². The summed E-state index contributed by atoms with van der Waals surface area (Å²) >= 11 is 0. The third kappa shape index (κ3) is 3.60. The van der Waals surface area contributed by atoms with Gasteiger partial charge in [0.25, 0.3) is 5.91 Å². The number of nitrogens with one attached hydrogen (secondary N) is 2. The van der Waals surface area contributed by atoms with Crippen LogP contribution >= 0.6 is 0 Å². The average molecular weight is 395 g/mol. The van der Waals surface area contributed by atoms with Crippen molar-refractivity contribution in [3.8, 4) is 11.3 Å². The van der Waals surface area contributed by atoms with Gasteiger partial charge in [-0.15, -0.1) is 0 Å². The van der Waals surface area contributed by atoms with E-state index in [4.69, 9.17) is 4.42 Å². The average Bonchev–Trinajstić information content (AvgIpc) is 3.11. The number of rotatable bonds is 4. The summed E-state index contributed by atoms with van der Waals surface area (Å²) in [6.07, 6.45) is 2.24. The highest BCUT2D eigenvalue weighted by molar-refractivity contribution is 6.11. The number of hydrogen-bond donors (Lipinski definition) is 2. The molecule has 0 aliphatic carbocycles. The maximum absolute atomic E-state index is 13.4. The van der Waals surface area contributed by atoms with Crippen LogP contribution in [0, 0.1) is 5.82 Å². The van der Waals surface area contributed by atoms with E-state index in [1.54, 1.807) is 19.2 Å².